The van der Waals surface area contributed by atoms with Gasteiger partial charge in [0.25, 0.3) is 0 Å². The number of hydrogen-bond donors (Lipinski definition) is 1. The van der Waals surface area contributed by atoms with E-state index in [1.54, 1.807) is 42.5 Å². The van der Waals surface area contributed by atoms with Crippen LogP contribution in [0.3, 0.4) is 0 Å². The zero-order valence-corrected chi connectivity index (χ0v) is 22.2. The summed E-state index contributed by atoms with van der Waals surface area (Å²) in [4.78, 5) is 18.6. The van der Waals surface area contributed by atoms with Gasteiger partial charge in [-0.3, -0.25) is 9.78 Å². The molecule has 2 atom stereocenters. The fourth-order valence-corrected chi connectivity index (χ4v) is 5.56. The van der Waals surface area contributed by atoms with Crippen molar-refractivity contribution >= 4 is 15.9 Å². The standard InChI is InChI=1S/C27H35N3O5S/c1-20(2)7-5-8-22-10-11-26-24(15-22)35-25(21(3)18-30(13-14-31)36(26,33)34)19-29(4)27(32)16-23-9-6-12-28-17-23/h6,9-12,15,17,20-21,25,31H,7,13-14,16,18-19H2,1-4H3/t21-,25-/m1/s1. The van der Waals surface area contributed by atoms with Crippen LogP contribution < -0.4 is 4.74 Å². The van der Waals surface area contributed by atoms with Crippen LogP contribution in [0.1, 0.15) is 38.3 Å². The molecule has 2 aromatic rings. The molecule has 0 fully saturated rings. The summed E-state index contributed by atoms with van der Waals surface area (Å²) in [5.74, 6) is 6.51. The Hall–Kier alpha value is -2.93. The average molecular weight is 514 g/mol. The van der Waals surface area contributed by atoms with Crippen molar-refractivity contribution < 1.29 is 23.1 Å². The second-order valence-corrected chi connectivity index (χ2v) is 11.5. The summed E-state index contributed by atoms with van der Waals surface area (Å²) in [6.45, 7) is 6.17. The molecular weight excluding hydrogens is 478 g/mol. The van der Waals surface area contributed by atoms with Gasteiger partial charge >= 0.3 is 0 Å². The SMILES string of the molecule is CC(C)CC#Cc1ccc2c(c1)O[C@H](CN(C)C(=O)Cc1cccnc1)[C@H](C)CN(CCO)S2(=O)=O. The van der Waals surface area contributed by atoms with Gasteiger partial charge in [-0.15, -0.1) is 0 Å². The molecular formula is C27H35N3O5S. The van der Waals surface area contributed by atoms with Gasteiger partial charge in [0.05, 0.1) is 19.6 Å². The second kappa shape index (κ2) is 12.3. The third-order valence-corrected chi connectivity index (χ3v) is 7.92. The van der Waals surface area contributed by atoms with Crippen LogP contribution in [0.25, 0.3) is 0 Å². The lowest BCUT2D eigenvalue weighted by atomic mass is 10.0. The van der Waals surface area contributed by atoms with Crippen molar-refractivity contribution in [2.24, 2.45) is 11.8 Å². The van der Waals surface area contributed by atoms with Gasteiger partial charge < -0.3 is 14.7 Å². The molecule has 1 aromatic carbocycles. The number of likely N-dealkylation sites (N-methyl/N-ethyl adjacent to an activating group) is 1. The van der Waals surface area contributed by atoms with Gasteiger partial charge in [0.15, 0.2) is 0 Å². The molecule has 3 rings (SSSR count). The molecule has 0 bridgehead atoms. The van der Waals surface area contributed by atoms with E-state index in [1.165, 1.54) is 10.4 Å². The number of hydrogen-bond acceptors (Lipinski definition) is 6. The monoisotopic (exact) mass is 513 g/mol. The second-order valence-electron chi connectivity index (χ2n) is 9.59. The lowest BCUT2D eigenvalue weighted by molar-refractivity contribution is -0.130. The number of fused-ring (bicyclic) bond motifs is 1. The van der Waals surface area contributed by atoms with Crippen LogP contribution in [0.4, 0.5) is 0 Å². The number of sulfonamides is 1. The number of pyridine rings is 1. The summed E-state index contributed by atoms with van der Waals surface area (Å²) in [6.07, 6.45) is 3.79. The van der Waals surface area contributed by atoms with Crippen LogP contribution in [0.15, 0.2) is 47.6 Å². The van der Waals surface area contributed by atoms with E-state index < -0.39 is 16.1 Å². The summed E-state index contributed by atoms with van der Waals surface area (Å²) in [6, 6.07) is 8.48. The minimum atomic E-state index is -3.88. The molecule has 0 radical (unpaired) electrons. The van der Waals surface area contributed by atoms with Crippen molar-refractivity contribution in [3.63, 3.8) is 0 Å². The van der Waals surface area contributed by atoms with Gasteiger partial charge in [0, 0.05) is 50.4 Å². The van der Waals surface area contributed by atoms with Crippen LogP contribution in [0.5, 0.6) is 5.75 Å². The van der Waals surface area contributed by atoms with E-state index in [2.05, 4.69) is 30.7 Å². The fraction of sp³-hybridized carbons (Fsp3) is 0.481. The Morgan fingerprint density at radius 3 is 2.78 bits per heavy atom. The van der Waals surface area contributed by atoms with Gasteiger partial charge in [0.2, 0.25) is 15.9 Å². The highest BCUT2D eigenvalue weighted by Gasteiger charge is 2.36. The molecule has 194 valence electrons. The van der Waals surface area contributed by atoms with Crippen molar-refractivity contribution in [1.29, 1.82) is 0 Å². The van der Waals surface area contributed by atoms with Gasteiger partial charge in [-0.05, 0) is 35.7 Å². The number of nitrogens with zero attached hydrogens (tertiary/aromatic N) is 3. The van der Waals surface area contributed by atoms with E-state index in [9.17, 15) is 18.3 Å². The topological polar surface area (TPSA) is 100 Å². The fourth-order valence-electron chi connectivity index (χ4n) is 3.93. The van der Waals surface area contributed by atoms with Crippen LogP contribution in [-0.4, -0.2) is 73.0 Å². The first-order valence-corrected chi connectivity index (χ1v) is 13.6. The molecule has 0 aliphatic carbocycles. The summed E-state index contributed by atoms with van der Waals surface area (Å²) < 4.78 is 34.4. The van der Waals surface area contributed by atoms with E-state index in [4.69, 9.17) is 4.74 Å². The number of rotatable bonds is 7. The van der Waals surface area contributed by atoms with E-state index in [-0.39, 0.29) is 55.1 Å². The van der Waals surface area contributed by atoms with Gasteiger partial charge in [-0.1, -0.05) is 38.7 Å². The largest absolute Gasteiger partial charge is 0.487 e. The first kappa shape index (κ1) is 27.7. The first-order chi connectivity index (χ1) is 17.1. The van der Waals surface area contributed by atoms with Gasteiger partial charge in [0.1, 0.15) is 16.7 Å². The molecule has 2 heterocycles. The number of aliphatic hydroxyl groups excluding tert-OH is 1. The Balaban J connectivity index is 1.91. The third kappa shape index (κ3) is 7.06. The molecule has 0 saturated heterocycles. The minimum absolute atomic E-state index is 0.0233. The summed E-state index contributed by atoms with van der Waals surface area (Å²) in [5.41, 5.74) is 1.47. The van der Waals surface area contributed by atoms with Crippen LogP contribution in [0.2, 0.25) is 0 Å². The number of carbonyl (C=O) groups is 1. The zero-order valence-electron chi connectivity index (χ0n) is 21.3. The smallest absolute Gasteiger partial charge is 0.246 e. The van der Waals surface area contributed by atoms with E-state index >= 15 is 0 Å². The Morgan fingerprint density at radius 1 is 1.33 bits per heavy atom. The molecule has 9 heteroatoms. The summed E-state index contributed by atoms with van der Waals surface area (Å²) in [7, 11) is -2.17. The molecule has 1 aliphatic rings. The number of ether oxygens (including phenoxy) is 1. The molecule has 1 aliphatic heterocycles. The van der Waals surface area contributed by atoms with Gasteiger partial charge in [-0.2, -0.15) is 4.31 Å². The van der Waals surface area contributed by atoms with Crippen LogP contribution in [-0.2, 0) is 21.2 Å². The molecule has 0 spiro atoms. The average Bonchev–Trinajstić information content (AvgIpc) is 2.83. The molecule has 1 amide bonds. The maximum Gasteiger partial charge on any atom is 0.246 e. The molecule has 0 saturated carbocycles. The Kier molecular flexibility index (Phi) is 9.49. The van der Waals surface area contributed by atoms with Crippen LogP contribution in [0, 0.1) is 23.7 Å². The highest BCUT2D eigenvalue weighted by molar-refractivity contribution is 7.89. The highest BCUT2D eigenvalue weighted by Crippen LogP contribution is 2.33. The Morgan fingerprint density at radius 2 is 2.11 bits per heavy atom. The molecule has 36 heavy (non-hydrogen) atoms. The minimum Gasteiger partial charge on any atom is -0.487 e. The van der Waals surface area contributed by atoms with E-state index in [0.29, 0.717) is 11.5 Å². The molecule has 1 aromatic heterocycles. The summed E-state index contributed by atoms with van der Waals surface area (Å²) in [5, 5.41) is 9.54. The number of carbonyl (C=O) groups excluding carboxylic acids is 1. The number of benzene rings is 1. The molecule has 1 N–H and O–H groups in total. The quantitative estimate of drug-likeness (QED) is 0.572. The Bertz CT molecular complexity index is 1200. The predicted octanol–water partition coefficient (Wildman–Crippen LogP) is 2.56. The normalized spacial score (nSPS) is 19.3. The lowest BCUT2D eigenvalue weighted by Gasteiger charge is -2.35. The number of β-amino-alcohol motifs (C(OH)–C–C–N with tert-alkyl or cyclic N) is 1. The van der Waals surface area contributed by atoms with Crippen molar-refractivity contribution in [2.45, 2.75) is 44.6 Å². The summed E-state index contributed by atoms with van der Waals surface area (Å²) >= 11 is 0. The molecule has 8 nitrogen and oxygen atoms in total. The predicted molar refractivity (Wildman–Crippen MR) is 138 cm³/mol. The third-order valence-electron chi connectivity index (χ3n) is 6.02. The zero-order chi connectivity index (χ0) is 26.3. The van der Waals surface area contributed by atoms with Crippen molar-refractivity contribution in [3.8, 4) is 17.6 Å². The van der Waals surface area contributed by atoms with Crippen LogP contribution >= 0.6 is 0 Å². The number of aromatic nitrogens is 1. The highest BCUT2D eigenvalue weighted by atomic mass is 32.2. The first-order valence-electron chi connectivity index (χ1n) is 12.1. The number of aliphatic hydroxyl groups is 1. The maximum absolute atomic E-state index is 13.4. The van der Waals surface area contributed by atoms with Crippen molar-refractivity contribution in [1.82, 2.24) is 14.2 Å². The van der Waals surface area contributed by atoms with Crippen molar-refractivity contribution in [3.05, 3.63) is 53.9 Å². The maximum atomic E-state index is 13.4. The Labute approximate surface area is 214 Å². The number of amides is 1. The van der Waals surface area contributed by atoms with Gasteiger partial charge in [-0.25, -0.2) is 8.42 Å². The van der Waals surface area contributed by atoms with E-state index in [0.717, 1.165) is 12.0 Å². The van der Waals surface area contributed by atoms with E-state index in [1.807, 2.05) is 13.0 Å². The van der Waals surface area contributed by atoms with Crippen molar-refractivity contribution in [2.75, 3.05) is 33.3 Å². The molecule has 0 unspecified atom stereocenters. The lowest BCUT2D eigenvalue weighted by Crippen LogP contribution is -2.47.